The topological polar surface area (TPSA) is 50.7 Å². The van der Waals surface area contributed by atoms with E-state index in [0.717, 1.165) is 16.7 Å². The number of halogens is 1. The molecule has 3 rings (SSSR count). The first-order valence-electron chi connectivity index (χ1n) is 8.52. The Bertz CT molecular complexity index is 842. The lowest BCUT2D eigenvalue weighted by molar-refractivity contribution is -0.126. The van der Waals surface area contributed by atoms with Gasteiger partial charge in [-0.2, -0.15) is 0 Å². The van der Waals surface area contributed by atoms with Crippen LogP contribution in [0.4, 0.5) is 0 Å². The van der Waals surface area contributed by atoms with Gasteiger partial charge in [-0.05, 0) is 28.8 Å². The van der Waals surface area contributed by atoms with Gasteiger partial charge in [0.2, 0.25) is 0 Å². The molecule has 0 aliphatic heterocycles. The van der Waals surface area contributed by atoms with Crippen LogP contribution >= 0.6 is 11.6 Å². The monoisotopic (exact) mass is 378 g/mol. The van der Waals surface area contributed by atoms with Gasteiger partial charge >= 0.3 is 0 Å². The number of nitrogens with one attached hydrogen (secondary N) is 1. The van der Waals surface area contributed by atoms with Crippen LogP contribution in [0.15, 0.2) is 90.1 Å². The summed E-state index contributed by atoms with van der Waals surface area (Å²) in [7, 11) is 0. The molecule has 4 nitrogen and oxygen atoms in total. The van der Waals surface area contributed by atoms with Crippen molar-refractivity contribution < 1.29 is 9.63 Å². The third-order valence-corrected chi connectivity index (χ3v) is 4.17. The highest BCUT2D eigenvalue weighted by atomic mass is 35.5. The fraction of sp³-hybridized carbons (Fsp3) is 0.0909. The summed E-state index contributed by atoms with van der Waals surface area (Å²) in [6, 6.07) is 26.5. The number of amides is 1. The van der Waals surface area contributed by atoms with Gasteiger partial charge in [-0.25, -0.2) is 0 Å². The Labute approximate surface area is 163 Å². The molecule has 1 N–H and O–H groups in total. The zero-order chi connectivity index (χ0) is 18.9. The summed E-state index contributed by atoms with van der Waals surface area (Å²) in [5.41, 5.74) is 2.84. The first-order chi connectivity index (χ1) is 13.2. The lowest BCUT2D eigenvalue weighted by Gasteiger charge is -2.19. The quantitative estimate of drug-likeness (QED) is 0.482. The second-order valence-electron chi connectivity index (χ2n) is 5.88. The van der Waals surface area contributed by atoms with E-state index in [2.05, 4.69) is 10.5 Å². The third kappa shape index (κ3) is 5.69. The lowest BCUT2D eigenvalue weighted by Crippen LogP contribution is -2.31. The maximum atomic E-state index is 12.3. The Hall–Kier alpha value is -3.11. The van der Waals surface area contributed by atoms with E-state index < -0.39 is 0 Å². The van der Waals surface area contributed by atoms with Gasteiger partial charge in [-0.1, -0.05) is 89.6 Å². The van der Waals surface area contributed by atoms with E-state index >= 15 is 0 Å². The van der Waals surface area contributed by atoms with E-state index in [1.54, 1.807) is 12.1 Å². The molecule has 5 heteroatoms. The molecule has 0 fully saturated rings. The molecular formula is C22H19ClN2O2. The van der Waals surface area contributed by atoms with Gasteiger partial charge in [0.1, 0.15) is 0 Å². The van der Waals surface area contributed by atoms with Gasteiger partial charge in [0.25, 0.3) is 5.91 Å². The molecule has 0 atom stereocenters. The third-order valence-electron chi connectivity index (χ3n) is 3.91. The second kappa shape index (κ2) is 9.55. The molecule has 0 aliphatic rings. The average molecular weight is 379 g/mol. The van der Waals surface area contributed by atoms with E-state index in [1.807, 2.05) is 72.8 Å². The van der Waals surface area contributed by atoms with Crippen LogP contribution in [0.2, 0.25) is 5.02 Å². The maximum absolute atomic E-state index is 12.3. The van der Waals surface area contributed by atoms with Gasteiger partial charge in [-0.15, -0.1) is 0 Å². The molecule has 0 spiro atoms. The van der Waals surface area contributed by atoms with Crippen molar-refractivity contribution in [1.29, 1.82) is 0 Å². The number of nitrogens with zero attached hydrogens (tertiary/aromatic N) is 1. The highest BCUT2D eigenvalue weighted by Crippen LogP contribution is 2.21. The van der Waals surface area contributed by atoms with Crippen molar-refractivity contribution in [3.05, 3.63) is 107 Å². The van der Waals surface area contributed by atoms with Crippen molar-refractivity contribution in [1.82, 2.24) is 5.32 Å². The smallest absolute Gasteiger partial charge is 0.261 e. The van der Waals surface area contributed by atoms with Crippen molar-refractivity contribution in [3.8, 4) is 0 Å². The summed E-state index contributed by atoms with van der Waals surface area (Å²) >= 11 is 5.84. The van der Waals surface area contributed by atoms with E-state index in [0.29, 0.717) is 5.02 Å². The van der Waals surface area contributed by atoms with Gasteiger partial charge in [0.15, 0.2) is 6.61 Å². The minimum Gasteiger partial charge on any atom is -0.386 e. The van der Waals surface area contributed by atoms with E-state index in [1.165, 1.54) is 6.21 Å². The van der Waals surface area contributed by atoms with Crippen LogP contribution in [0.5, 0.6) is 0 Å². The van der Waals surface area contributed by atoms with Gasteiger partial charge < -0.3 is 10.2 Å². The Morgan fingerprint density at radius 3 is 2.04 bits per heavy atom. The summed E-state index contributed by atoms with van der Waals surface area (Å²) in [4.78, 5) is 17.5. The molecule has 0 bridgehead atoms. The molecule has 27 heavy (non-hydrogen) atoms. The van der Waals surface area contributed by atoms with Crippen LogP contribution in [-0.4, -0.2) is 18.7 Å². The molecule has 136 valence electrons. The molecule has 0 radical (unpaired) electrons. The molecule has 0 saturated carbocycles. The van der Waals surface area contributed by atoms with Gasteiger partial charge in [0.05, 0.1) is 12.3 Å². The Kier molecular flexibility index (Phi) is 6.61. The van der Waals surface area contributed by atoms with Gasteiger partial charge in [-0.3, -0.25) is 4.79 Å². The minimum absolute atomic E-state index is 0.166. The maximum Gasteiger partial charge on any atom is 0.261 e. The van der Waals surface area contributed by atoms with Crippen LogP contribution in [0, 0.1) is 0 Å². The SMILES string of the molecule is O=C(CO/N=C\c1ccc(Cl)cc1)NC(c1ccccc1)c1ccccc1. The number of oxime groups is 1. The van der Waals surface area contributed by atoms with Crippen LogP contribution < -0.4 is 5.32 Å². The fourth-order valence-electron chi connectivity index (χ4n) is 2.60. The first kappa shape index (κ1) is 18.7. The predicted molar refractivity (Wildman–Crippen MR) is 108 cm³/mol. The molecule has 0 unspecified atom stereocenters. The zero-order valence-corrected chi connectivity index (χ0v) is 15.3. The molecule has 3 aromatic carbocycles. The van der Waals surface area contributed by atoms with Crippen molar-refractivity contribution in [2.45, 2.75) is 6.04 Å². The van der Waals surface area contributed by atoms with Gasteiger partial charge in [0, 0.05) is 5.02 Å². The van der Waals surface area contributed by atoms with Crippen LogP contribution in [0.25, 0.3) is 0 Å². The molecule has 0 aliphatic carbocycles. The van der Waals surface area contributed by atoms with Crippen LogP contribution in [-0.2, 0) is 9.63 Å². The number of rotatable bonds is 7. The number of carbonyl (C=O) groups is 1. The van der Waals surface area contributed by atoms with E-state index in [4.69, 9.17) is 16.4 Å². The Morgan fingerprint density at radius 2 is 1.48 bits per heavy atom. The number of carbonyl (C=O) groups excluding carboxylic acids is 1. The highest BCUT2D eigenvalue weighted by molar-refractivity contribution is 6.30. The molecule has 0 heterocycles. The van der Waals surface area contributed by atoms with E-state index in [-0.39, 0.29) is 18.6 Å². The van der Waals surface area contributed by atoms with Crippen molar-refractivity contribution in [2.24, 2.45) is 5.16 Å². The average Bonchev–Trinajstić information content (AvgIpc) is 2.72. The fourth-order valence-corrected chi connectivity index (χ4v) is 2.72. The molecule has 1 amide bonds. The van der Waals surface area contributed by atoms with Crippen LogP contribution in [0.1, 0.15) is 22.7 Å². The summed E-state index contributed by atoms with van der Waals surface area (Å²) < 4.78 is 0. The number of hydrogen-bond donors (Lipinski definition) is 1. The van der Waals surface area contributed by atoms with E-state index in [9.17, 15) is 4.79 Å². The predicted octanol–water partition coefficient (Wildman–Crippen LogP) is 4.60. The number of hydrogen-bond acceptors (Lipinski definition) is 3. The summed E-state index contributed by atoms with van der Waals surface area (Å²) in [6.07, 6.45) is 1.54. The first-order valence-corrected chi connectivity index (χ1v) is 8.90. The summed E-state index contributed by atoms with van der Waals surface area (Å²) in [5.74, 6) is -0.249. The minimum atomic E-state index is -0.249. The van der Waals surface area contributed by atoms with Crippen molar-refractivity contribution >= 4 is 23.7 Å². The van der Waals surface area contributed by atoms with Crippen LogP contribution in [0.3, 0.4) is 0 Å². The molecule has 0 saturated heterocycles. The summed E-state index contributed by atoms with van der Waals surface area (Å²) in [6.45, 7) is -0.166. The lowest BCUT2D eigenvalue weighted by atomic mass is 9.99. The van der Waals surface area contributed by atoms with Crippen molar-refractivity contribution in [2.75, 3.05) is 6.61 Å². The van der Waals surface area contributed by atoms with Crippen molar-refractivity contribution in [3.63, 3.8) is 0 Å². The number of benzene rings is 3. The largest absolute Gasteiger partial charge is 0.386 e. The second-order valence-corrected chi connectivity index (χ2v) is 6.32. The molecule has 0 aromatic heterocycles. The Morgan fingerprint density at radius 1 is 0.926 bits per heavy atom. The Balaban J connectivity index is 1.60. The normalized spacial score (nSPS) is 10.9. The standard InChI is InChI=1S/C22H19ClN2O2/c23-20-13-11-17(12-14-20)15-24-27-16-21(26)25-22(18-7-3-1-4-8-18)19-9-5-2-6-10-19/h1-15,22H,16H2,(H,25,26)/b24-15-. The molecular weight excluding hydrogens is 360 g/mol. The molecule has 3 aromatic rings. The summed E-state index contributed by atoms with van der Waals surface area (Å²) in [5, 5.41) is 7.49. The highest BCUT2D eigenvalue weighted by Gasteiger charge is 2.16. The zero-order valence-electron chi connectivity index (χ0n) is 14.6.